The van der Waals surface area contributed by atoms with Gasteiger partial charge >= 0.3 is 0 Å². The Morgan fingerprint density at radius 1 is 1.25 bits per heavy atom. The van der Waals surface area contributed by atoms with Gasteiger partial charge < -0.3 is 4.57 Å². The quantitative estimate of drug-likeness (QED) is 0.522. The Kier molecular flexibility index (Phi) is 5.37. The number of carbonyl (C=O) groups excluding carboxylic acids is 1. The number of carbonyl (C=O) groups is 1. The summed E-state index contributed by atoms with van der Waals surface area (Å²) in [4.78, 5) is 18.3. The molecule has 0 saturated heterocycles. The zero-order valence-electron chi connectivity index (χ0n) is 13.9. The SMILES string of the molecule is CCCn1c(=NC(=O)c2ccc(Br)s2)sc2cc(C(C)C)ccc21. The van der Waals surface area contributed by atoms with Gasteiger partial charge in [-0.1, -0.05) is 38.2 Å². The first-order valence-corrected chi connectivity index (χ1v) is 10.4. The normalized spacial score (nSPS) is 12.5. The first kappa shape index (κ1) is 17.6. The molecule has 0 saturated carbocycles. The second-order valence-electron chi connectivity index (χ2n) is 5.94. The molecule has 3 nitrogen and oxygen atoms in total. The first-order valence-electron chi connectivity index (χ1n) is 7.97. The largest absolute Gasteiger partial charge is 0.316 e. The van der Waals surface area contributed by atoms with Crippen molar-refractivity contribution in [3.8, 4) is 0 Å². The molecule has 1 amide bonds. The van der Waals surface area contributed by atoms with E-state index in [-0.39, 0.29) is 5.91 Å². The molecule has 6 heteroatoms. The summed E-state index contributed by atoms with van der Waals surface area (Å²) in [6, 6.07) is 10.3. The van der Waals surface area contributed by atoms with Gasteiger partial charge in [0.25, 0.3) is 5.91 Å². The summed E-state index contributed by atoms with van der Waals surface area (Å²) in [6.07, 6.45) is 1.00. The van der Waals surface area contributed by atoms with Crippen LogP contribution in [0.25, 0.3) is 10.2 Å². The number of thiazole rings is 1. The van der Waals surface area contributed by atoms with Crippen LogP contribution in [-0.2, 0) is 6.54 Å². The van der Waals surface area contributed by atoms with Crippen molar-refractivity contribution in [3.05, 3.63) is 49.4 Å². The summed E-state index contributed by atoms with van der Waals surface area (Å²) in [5.41, 5.74) is 2.47. The van der Waals surface area contributed by atoms with Crippen LogP contribution >= 0.6 is 38.6 Å². The van der Waals surface area contributed by atoms with Crippen molar-refractivity contribution in [1.29, 1.82) is 0 Å². The highest BCUT2D eigenvalue weighted by molar-refractivity contribution is 9.11. The van der Waals surface area contributed by atoms with Crippen molar-refractivity contribution in [2.45, 2.75) is 39.7 Å². The van der Waals surface area contributed by atoms with Crippen LogP contribution in [-0.4, -0.2) is 10.5 Å². The smallest absolute Gasteiger partial charge is 0.289 e. The number of amides is 1. The molecule has 2 aromatic heterocycles. The molecule has 0 N–H and O–H groups in total. The van der Waals surface area contributed by atoms with Crippen molar-refractivity contribution in [3.63, 3.8) is 0 Å². The van der Waals surface area contributed by atoms with Gasteiger partial charge in [0.05, 0.1) is 18.9 Å². The second kappa shape index (κ2) is 7.33. The van der Waals surface area contributed by atoms with Crippen LogP contribution in [0.1, 0.15) is 48.3 Å². The van der Waals surface area contributed by atoms with Crippen LogP contribution in [0.3, 0.4) is 0 Å². The van der Waals surface area contributed by atoms with Crippen molar-refractivity contribution in [2.24, 2.45) is 4.99 Å². The van der Waals surface area contributed by atoms with Gasteiger partial charge in [0.2, 0.25) is 0 Å². The van der Waals surface area contributed by atoms with E-state index in [1.54, 1.807) is 11.3 Å². The lowest BCUT2D eigenvalue weighted by molar-refractivity contribution is 0.100. The van der Waals surface area contributed by atoms with Crippen LogP contribution < -0.4 is 4.80 Å². The van der Waals surface area contributed by atoms with E-state index < -0.39 is 0 Å². The monoisotopic (exact) mass is 422 g/mol. The Hall–Kier alpha value is -1.24. The summed E-state index contributed by atoms with van der Waals surface area (Å²) < 4.78 is 4.29. The van der Waals surface area contributed by atoms with E-state index in [4.69, 9.17) is 0 Å². The minimum atomic E-state index is -0.175. The maximum Gasteiger partial charge on any atom is 0.289 e. The van der Waals surface area contributed by atoms with Crippen LogP contribution in [0.4, 0.5) is 0 Å². The topological polar surface area (TPSA) is 34.4 Å². The molecule has 0 aliphatic rings. The van der Waals surface area contributed by atoms with Gasteiger partial charge in [-0.05, 0) is 58.1 Å². The third kappa shape index (κ3) is 3.55. The van der Waals surface area contributed by atoms with Crippen molar-refractivity contribution >= 4 is 54.7 Å². The number of hydrogen-bond donors (Lipinski definition) is 0. The van der Waals surface area contributed by atoms with Gasteiger partial charge in [0.1, 0.15) is 0 Å². The molecular formula is C18H19BrN2OS2. The number of halogens is 1. The Labute approximate surface area is 157 Å². The molecule has 24 heavy (non-hydrogen) atoms. The van der Waals surface area contributed by atoms with Gasteiger partial charge in [-0.15, -0.1) is 11.3 Å². The molecule has 0 aliphatic carbocycles. The highest BCUT2D eigenvalue weighted by Gasteiger charge is 2.11. The zero-order chi connectivity index (χ0) is 17.3. The molecule has 1 aromatic carbocycles. The molecule has 3 aromatic rings. The molecule has 126 valence electrons. The molecule has 0 bridgehead atoms. The molecule has 2 heterocycles. The molecule has 0 fully saturated rings. The molecule has 0 unspecified atom stereocenters. The number of fused-ring (bicyclic) bond motifs is 1. The average molecular weight is 423 g/mol. The van der Waals surface area contributed by atoms with Gasteiger partial charge in [0, 0.05) is 6.54 Å². The van der Waals surface area contributed by atoms with Gasteiger partial charge in [0.15, 0.2) is 4.80 Å². The van der Waals surface area contributed by atoms with Gasteiger partial charge in [-0.2, -0.15) is 4.99 Å². The van der Waals surface area contributed by atoms with E-state index in [1.165, 1.54) is 21.6 Å². The lowest BCUT2D eigenvalue weighted by Gasteiger charge is -2.06. The summed E-state index contributed by atoms with van der Waals surface area (Å²) in [5.74, 6) is 0.313. The van der Waals surface area contributed by atoms with E-state index >= 15 is 0 Å². The maximum atomic E-state index is 12.5. The Balaban J connectivity index is 2.13. The van der Waals surface area contributed by atoms with Gasteiger partial charge in [-0.25, -0.2) is 0 Å². The Morgan fingerprint density at radius 2 is 2.04 bits per heavy atom. The van der Waals surface area contributed by atoms with Crippen LogP contribution in [0.5, 0.6) is 0 Å². The fraction of sp³-hybridized carbons (Fsp3) is 0.333. The molecule has 0 spiro atoms. The van der Waals surface area contributed by atoms with Crippen molar-refractivity contribution in [2.75, 3.05) is 0 Å². The number of benzene rings is 1. The summed E-state index contributed by atoms with van der Waals surface area (Å²) in [5, 5.41) is 0. The molecular weight excluding hydrogens is 404 g/mol. The van der Waals surface area contributed by atoms with Crippen LogP contribution in [0.2, 0.25) is 0 Å². The lowest BCUT2D eigenvalue weighted by atomic mass is 10.0. The number of nitrogens with zero attached hydrogens (tertiary/aromatic N) is 2. The Bertz CT molecular complexity index is 949. The summed E-state index contributed by atoms with van der Waals surface area (Å²) in [7, 11) is 0. The zero-order valence-corrected chi connectivity index (χ0v) is 17.1. The predicted octanol–water partition coefficient (Wildman–Crippen LogP) is 5.80. The first-order chi connectivity index (χ1) is 11.5. The molecule has 0 atom stereocenters. The van der Waals surface area contributed by atoms with E-state index in [0.29, 0.717) is 10.8 Å². The lowest BCUT2D eigenvalue weighted by Crippen LogP contribution is -2.16. The third-order valence-corrected chi connectivity index (χ3v) is 6.45. The average Bonchev–Trinajstić information content (AvgIpc) is 3.11. The number of aromatic nitrogens is 1. The van der Waals surface area contributed by atoms with Crippen LogP contribution in [0.15, 0.2) is 39.1 Å². The number of hydrogen-bond acceptors (Lipinski definition) is 3. The third-order valence-electron chi connectivity index (χ3n) is 3.80. The maximum absolute atomic E-state index is 12.5. The fourth-order valence-electron chi connectivity index (χ4n) is 2.55. The standard InChI is InChI=1S/C18H19BrN2OS2/c1-4-9-21-13-6-5-12(11(2)3)10-15(13)24-18(21)20-17(22)14-7-8-16(19)23-14/h5-8,10-11H,4,9H2,1-3H3. The predicted molar refractivity (Wildman–Crippen MR) is 106 cm³/mol. The van der Waals surface area contributed by atoms with E-state index in [9.17, 15) is 4.79 Å². The van der Waals surface area contributed by atoms with Crippen molar-refractivity contribution < 1.29 is 4.79 Å². The fourth-order valence-corrected chi connectivity index (χ4v) is 4.92. The van der Waals surface area contributed by atoms with Crippen LogP contribution in [0, 0.1) is 0 Å². The number of rotatable bonds is 4. The van der Waals surface area contributed by atoms with E-state index in [1.807, 2.05) is 12.1 Å². The van der Waals surface area contributed by atoms with E-state index in [0.717, 1.165) is 27.1 Å². The number of aryl methyl sites for hydroxylation is 1. The molecule has 0 radical (unpaired) electrons. The molecule has 3 rings (SSSR count). The minimum Gasteiger partial charge on any atom is -0.316 e. The van der Waals surface area contributed by atoms with E-state index in [2.05, 4.69) is 64.5 Å². The highest BCUT2D eigenvalue weighted by Crippen LogP contribution is 2.25. The highest BCUT2D eigenvalue weighted by atomic mass is 79.9. The Morgan fingerprint density at radius 3 is 2.67 bits per heavy atom. The van der Waals surface area contributed by atoms with Crippen molar-refractivity contribution in [1.82, 2.24) is 4.57 Å². The van der Waals surface area contributed by atoms with Gasteiger partial charge in [-0.3, -0.25) is 4.79 Å². The second-order valence-corrected chi connectivity index (χ2v) is 9.41. The summed E-state index contributed by atoms with van der Waals surface area (Å²) in [6.45, 7) is 7.39. The summed E-state index contributed by atoms with van der Waals surface area (Å²) >= 11 is 6.41. The molecule has 0 aliphatic heterocycles. The number of thiophene rings is 1. The minimum absolute atomic E-state index is 0.175.